The molecular weight excluding hydrogens is 432 g/mol. The Morgan fingerprint density at radius 2 is 1.97 bits per heavy atom. The van der Waals surface area contributed by atoms with Gasteiger partial charge in [-0.15, -0.1) is 0 Å². The van der Waals surface area contributed by atoms with Crippen molar-refractivity contribution < 1.29 is 35.1 Å². The van der Waals surface area contributed by atoms with E-state index in [4.69, 9.17) is 12.6 Å². The largest absolute Gasteiger partial charge is 0.394 e. The van der Waals surface area contributed by atoms with Crippen LogP contribution in [0.4, 0.5) is 0 Å². The van der Waals surface area contributed by atoms with Gasteiger partial charge in [0.15, 0.2) is 11.6 Å². The molecule has 3 fully saturated rings. The lowest BCUT2D eigenvalue weighted by molar-refractivity contribution is -0.185. The van der Waals surface area contributed by atoms with Crippen molar-refractivity contribution in [2.24, 2.45) is 28.6 Å². The van der Waals surface area contributed by atoms with Crippen molar-refractivity contribution >= 4 is 24.2 Å². The fourth-order valence-electron chi connectivity index (χ4n) is 8.24. The summed E-state index contributed by atoms with van der Waals surface area (Å²) in [5.41, 5.74) is -2.27. The van der Waals surface area contributed by atoms with Gasteiger partial charge in [0.05, 0.1) is 18.8 Å². The maximum absolute atomic E-state index is 12.6. The van der Waals surface area contributed by atoms with Gasteiger partial charge in [-0.2, -0.15) is 12.6 Å². The van der Waals surface area contributed by atoms with Crippen molar-refractivity contribution in [3.63, 3.8) is 0 Å². The molecule has 0 aromatic rings. The summed E-state index contributed by atoms with van der Waals surface area (Å²) < 4.78 is -0.940. The number of carbonyl (C=O) groups is 2. The second-order valence-corrected chi connectivity index (χ2v) is 11.9. The zero-order valence-corrected chi connectivity index (χ0v) is 19.7. The molecule has 0 aromatic carbocycles. The second kappa shape index (κ2) is 7.89. The molecule has 0 amide bonds. The van der Waals surface area contributed by atoms with Gasteiger partial charge in [-0.05, 0) is 62.4 Å². The number of aliphatic hydroxyl groups is 5. The van der Waals surface area contributed by atoms with Crippen LogP contribution in [0.2, 0.25) is 0 Å². The number of Topliss-reactive ketones (excluding diaryl/α,β-unsaturated/α-hetero) is 1. The molecule has 32 heavy (non-hydrogen) atoms. The molecule has 3 saturated carbocycles. The lowest BCUT2D eigenvalue weighted by Crippen LogP contribution is -2.66. The van der Waals surface area contributed by atoms with E-state index in [2.05, 4.69) is 0 Å². The first-order chi connectivity index (χ1) is 14.9. The number of hydrogen-bond acceptors (Lipinski definition) is 8. The molecule has 2 unspecified atom stereocenters. The number of thiol groups is 1. The molecule has 0 radical (unpaired) electrons. The minimum Gasteiger partial charge on any atom is -0.394 e. The van der Waals surface area contributed by atoms with Gasteiger partial charge in [0.25, 0.3) is 0 Å². The monoisotopic (exact) mass is 468 g/mol. The first kappa shape index (κ1) is 24.4. The van der Waals surface area contributed by atoms with E-state index in [9.17, 15) is 35.1 Å². The number of fused-ring (bicyclic) bond motifs is 5. The Labute approximate surface area is 194 Å². The number of ketones is 2. The van der Waals surface area contributed by atoms with Crippen molar-refractivity contribution in [3.05, 3.63) is 11.6 Å². The predicted molar refractivity (Wildman–Crippen MR) is 120 cm³/mol. The van der Waals surface area contributed by atoms with Gasteiger partial charge in [0.1, 0.15) is 12.2 Å². The van der Waals surface area contributed by atoms with Crippen LogP contribution in [0.25, 0.3) is 0 Å². The third-order valence-electron chi connectivity index (χ3n) is 9.84. The molecule has 7 nitrogen and oxygen atoms in total. The van der Waals surface area contributed by atoms with Gasteiger partial charge < -0.3 is 25.5 Å². The molecule has 5 N–H and O–H groups in total. The van der Waals surface area contributed by atoms with Crippen LogP contribution in [0, 0.1) is 28.6 Å². The van der Waals surface area contributed by atoms with Crippen molar-refractivity contribution in [2.75, 3.05) is 13.2 Å². The Kier molecular flexibility index (Phi) is 6.00. The average Bonchev–Trinajstić information content (AvgIpc) is 2.99. The highest BCUT2D eigenvalue weighted by atomic mass is 32.1. The van der Waals surface area contributed by atoms with E-state index >= 15 is 0 Å². The zero-order valence-electron chi connectivity index (χ0n) is 18.8. The molecule has 0 spiro atoms. The summed E-state index contributed by atoms with van der Waals surface area (Å²) in [6.07, 6.45) is 2.50. The van der Waals surface area contributed by atoms with Gasteiger partial charge in [0, 0.05) is 22.0 Å². The average molecular weight is 469 g/mol. The maximum atomic E-state index is 12.6. The van der Waals surface area contributed by atoms with E-state index in [1.165, 1.54) is 0 Å². The molecule has 9 atom stereocenters. The quantitative estimate of drug-likeness (QED) is 0.329. The van der Waals surface area contributed by atoms with Crippen molar-refractivity contribution in [1.82, 2.24) is 0 Å². The summed E-state index contributed by atoms with van der Waals surface area (Å²) in [6.45, 7) is 2.72. The summed E-state index contributed by atoms with van der Waals surface area (Å²) in [5.74, 6) is -0.933. The summed E-state index contributed by atoms with van der Waals surface area (Å²) in [7, 11) is 0. The summed E-state index contributed by atoms with van der Waals surface area (Å²) >= 11 is 4.99. The van der Waals surface area contributed by atoms with Crippen LogP contribution in [0.1, 0.15) is 58.8 Å². The van der Waals surface area contributed by atoms with Crippen LogP contribution in [0.3, 0.4) is 0 Å². The SMILES string of the molecule is C[C@@]12C(=CC(=O)CC1(S)CC(O)CO)CC[C@@H]1[C@@H]2[C@@H](O)C[C@@]2(C)[C@H]1CC[C@]2(O)C(=O)CO. The highest BCUT2D eigenvalue weighted by Crippen LogP contribution is 2.70. The number of carbonyl (C=O) groups excluding carboxylic acids is 2. The first-order valence-corrected chi connectivity index (χ1v) is 12.1. The Balaban J connectivity index is 1.79. The van der Waals surface area contributed by atoms with E-state index in [0.29, 0.717) is 12.8 Å². The van der Waals surface area contributed by atoms with Gasteiger partial charge in [-0.1, -0.05) is 19.4 Å². The van der Waals surface area contributed by atoms with Gasteiger partial charge in [-0.3, -0.25) is 9.59 Å². The Hall–Kier alpha value is -0.770. The van der Waals surface area contributed by atoms with Crippen LogP contribution in [0.5, 0.6) is 0 Å². The minimum atomic E-state index is -1.66. The minimum absolute atomic E-state index is 0.00239. The van der Waals surface area contributed by atoms with Crippen molar-refractivity contribution in [1.29, 1.82) is 0 Å². The smallest absolute Gasteiger partial charge is 0.190 e. The van der Waals surface area contributed by atoms with E-state index in [-0.39, 0.29) is 49.2 Å². The lowest BCUT2D eigenvalue weighted by Gasteiger charge is -2.64. The van der Waals surface area contributed by atoms with Crippen LogP contribution >= 0.6 is 12.6 Å². The maximum Gasteiger partial charge on any atom is 0.190 e. The van der Waals surface area contributed by atoms with E-state index in [1.54, 1.807) is 6.08 Å². The van der Waals surface area contributed by atoms with Crippen LogP contribution in [-0.4, -0.2) is 72.9 Å². The molecular formula is C24H36O7S. The second-order valence-electron chi connectivity index (χ2n) is 11.1. The number of rotatable bonds is 5. The highest BCUT2D eigenvalue weighted by molar-refractivity contribution is 7.82. The third kappa shape index (κ3) is 3.06. The standard InChI is InChI=1S/C24H36O7S/c1-21-10-18(29)20-16(17(21)5-6-24(21,31)19(30)12-26)4-3-13-7-14(27)8-23(32,22(13,20)2)9-15(28)11-25/h7,15-18,20,25-26,28-29,31-32H,3-6,8-12H2,1-2H3/t15?,16-,17-,18-,20+,21-,22-,23?,24-/m0/s1. The normalized spacial score (nSPS) is 49.0. The molecule has 0 heterocycles. The number of aliphatic hydroxyl groups excluding tert-OH is 4. The molecule has 180 valence electrons. The Morgan fingerprint density at radius 3 is 2.59 bits per heavy atom. The lowest BCUT2D eigenvalue weighted by atomic mass is 9.43. The Morgan fingerprint density at radius 1 is 1.28 bits per heavy atom. The molecule has 0 aromatic heterocycles. The summed E-state index contributed by atoms with van der Waals surface area (Å²) in [5, 5.41) is 52.2. The van der Waals surface area contributed by atoms with E-state index < -0.39 is 52.4 Å². The molecule has 0 bridgehead atoms. The van der Waals surface area contributed by atoms with Gasteiger partial charge in [-0.25, -0.2) is 0 Å². The van der Waals surface area contributed by atoms with E-state index in [1.807, 2.05) is 13.8 Å². The van der Waals surface area contributed by atoms with Crippen molar-refractivity contribution in [3.8, 4) is 0 Å². The van der Waals surface area contributed by atoms with Gasteiger partial charge >= 0.3 is 0 Å². The van der Waals surface area contributed by atoms with Crippen LogP contribution in [-0.2, 0) is 9.59 Å². The van der Waals surface area contributed by atoms with Crippen LogP contribution in [0.15, 0.2) is 11.6 Å². The molecule has 4 aliphatic carbocycles. The third-order valence-corrected chi connectivity index (χ3v) is 10.6. The van der Waals surface area contributed by atoms with Crippen LogP contribution < -0.4 is 0 Å². The molecule has 8 heteroatoms. The topological polar surface area (TPSA) is 135 Å². The zero-order chi connectivity index (χ0) is 23.7. The number of hydrogen-bond donors (Lipinski definition) is 6. The molecule has 0 saturated heterocycles. The first-order valence-electron chi connectivity index (χ1n) is 11.7. The fourth-order valence-corrected chi connectivity index (χ4v) is 8.90. The predicted octanol–water partition coefficient (Wildman–Crippen LogP) is 0.803. The van der Waals surface area contributed by atoms with Gasteiger partial charge in [0.2, 0.25) is 0 Å². The molecule has 4 aliphatic rings. The Bertz CT molecular complexity index is 844. The highest BCUT2D eigenvalue weighted by Gasteiger charge is 2.70. The fraction of sp³-hybridized carbons (Fsp3) is 0.833. The van der Waals surface area contributed by atoms with E-state index in [0.717, 1.165) is 12.0 Å². The summed E-state index contributed by atoms with van der Waals surface area (Å²) in [4.78, 5) is 25.1. The molecule has 4 rings (SSSR count). The summed E-state index contributed by atoms with van der Waals surface area (Å²) in [6, 6.07) is 0. The number of allylic oxidation sites excluding steroid dienone is 1. The molecule has 0 aliphatic heterocycles. The van der Waals surface area contributed by atoms with Crippen molar-refractivity contribution in [2.45, 2.75) is 81.3 Å².